The average Bonchev–Trinajstić information content (AvgIpc) is 2.92. The summed E-state index contributed by atoms with van der Waals surface area (Å²) in [5.74, 6) is 0.589. The Kier molecular flexibility index (Phi) is 4.19. The minimum atomic E-state index is -0.302. The van der Waals surface area contributed by atoms with Gasteiger partial charge in [-0.05, 0) is 31.5 Å². The average molecular weight is 306 g/mol. The molecule has 0 atom stereocenters. The van der Waals surface area contributed by atoms with Gasteiger partial charge in [-0.15, -0.1) is 5.10 Å². The Labute approximate surface area is 135 Å². The highest BCUT2D eigenvalue weighted by molar-refractivity contribution is 6.01. The number of hydrogen-bond donors (Lipinski definition) is 1. The van der Waals surface area contributed by atoms with E-state index in [9.17, 15) is 4.79 Å². The summed E-state index contributed by atoms with van der Waals surface area (Å²) in [4.78, 5) is 16.5. The molecule has 1 aromatic heterocycles. The van der Waals surface area contributed by atoms with Crippen LogP contribution in [0.2, 0.25) is 0 Å². The first kappa shape index (κ1) is 15.0. The van der Waals surface area contributed by atoms with Crippen molar-refractivity contribution in [3.8, 4) is 0 Å². The molecule has 1 amide bonds. The molecule has 1 heterocycles. The standard InChI is InChI=1S/C18H18N4O/c1-13-8-10-16(11-9-13)20-18(23)17-19-14(2)22(21-17)12-15-6-4-3-5-7-15/h3-11H,12H2,1-2H3,(H,20,23). The van der Waals surface area contributed by atoms with E-state index in [2.05, 4.69) is 15.4 Å². The molecule has 0 aliphatic carbocycles. The Bertz CT molecular complexity index is 807. The maximum absolute atomic E-state index is 12.3. The molecule has 0 saturated carbocycles. The van der Waals surface area contributed by atoms with Crippen LogP contribution < -0.4 is 5.32 Å². The van der Waals surface area contributed by atoms with Gasteiger partial charge in [0.2, 0.25) is 5.82 Å². The first-order chi connectivity index (χ1) is 11.1. The van der Waals surface area contributed by atoms with E-state index < -0.39 is 0 Å². The Morgan fingerprint density at radius 1 is 1.04 bits per heavy atom. The summed E-state index contributed by atoms with van der Waals surface area (Å²) in [5.41, 5.74) is 2.99. The third-order valence-electron chi connectivity index (χ3n) is 3.54. The van der Waals surface area contributed by atoms with Crippen LogP contribution in [0, 0.1) is 13.8 Å². The van der Waals surface area contributed by atoms with E-state index in [1.807, 2.05) is 68.4 Å². The fourth-order valence-electron chi connectivity index (χ4n) is 2.25. The van der Waals surface area contributed by atoms with Crippen molar-refractivity contribution in [1.29, 1.82) is 0 Å². The summed E-state index contributed by atoms with van der Waals surface area (Å²) in [6, 6.07) is 17.6. The van der Waals surface area contributed by atoms with Gasteiger partial charge in [-0.2, -0.15) is 0 Å². The third kappa shape index (κ3) is 3.63. The molecular weight excluding hydrogens is 288 g/mol. The maximum atomic E-state index is 12.3. The molecule has 0 fully saturated rings. The molecule has 2 aromatic carbocycles. The van der Waals surface area contributed by atoms with Gasteiger partial charge in [0.25, 0.3) is 5.91 Å². The lowest BCUT2D eigenvalue weighted by atomic mass is 10.2. The number of aryl methyl sites for hydroxylation is 2. The molecule has 116 valence electrons. The second-order valence-electron chi connectivity index (χ2n) is 5.45. The number of benzene rings is 2. The van der Waals surface area contributed by atoms with Gasteiger partial charge in [-0.1, -0.05) is 48.0 Å². The first-order valence-electron chi connectivity index (χ1n) is 7.45. The van der Waals surface area contributed by atoms with E-state index >= 15 is 0 Å². The SMILES string of the molecule is Cc1ccc(NC(=O)c2nc(C)n(Cc3ccccc3)n2)cc1. The van der Waals surface area contributed by atoms with Crippen LogP contribution in [0.15, 0.2) is 54.6 Å². The summed E-state index contributed by atoms with van der Waals surface area (Å²) in [7, 11) is 0. The lowest BCUT2D eigenvalue weighted by molar-refractivity contribution is 0.101. The lowest BCUT2D eigenvalue weighted by Crippen LogP contribution is -2.14. The Hall–Kier alpha value is -2.95. The largest absolute Gasteiger partial charge is 0.319 e. The summed E-state index contributed by atoms with van der Waals surface area (Å²) in [6.45, 7) is 4.44. The lowest BCUT2D eigenvalue weighted by Gasteiger charge is -2.03. The highest BCUT2D eigenvalue weighted by atomic mass is 16.2. The van der Waals surface area contributed by atoms with Crippen LogP contribution in [-0.2, 0) is 6.54 Å². The smallest absolute Gasteiger partial charge is 0.295 e. The molecule has 23 heavy (non-hydrogen) atoms. The second kappa shape index (κ2) is 6.44. The van der Waals surface area contributed by atoms with E-state index in [4.69, 9.17) is 0 Å². The normalized spacial score (nSPS) is 10.5. The molecule has 0 aliphatic rings. The number of hydrogen-bond acceptors (Lipinski definition) is 3. The molecule has 0 bridgehead atoms. The zero-order chi connectivity index (χ0) is 16.2. The number of carbonyl (C=O) groups is 1. The van der Waals surface area contributed by atoms with E-state index in [1.165, 1.54) is 0 Å². The van der Waals surface area contributed by atoms with Crippen LogP contribution in [0.3, 0.4) is 0 Å². The topological polar surface area (TPSA) is 59.8 Å². The van der Waals surface area contributed by atoms with Crippen molar-refractivity contribution >= 4 is 11.6 Å². The van der Waals surface area contributed by atoms with Gasteiger partial charge in [-0.3, -0.25) is 4.79 Å². The van der Waals surface area contributed by atoms with E-state index in [0.717, 1.165) is 16.8 Å². The predicted molar refractivity (Wildman–Crippen MR) is 89.4 cm³/mol. The van der Waals surface area contributed by atoms with Crippen LogP contribution in [-0.4, -0.2) is 20.7 Å². The van der Waals surface area contributed by atoms with Crippen molar-refractivity contribution < 1.29 is 4.79 Å². The van der Waals surface area contributed by atoms with Crippen molar-refractivity contribution in [3.05, 3.63) is 77.4 Å². The molecule has 0 radical (unpaired) electrons. The summed E-state index contributed by atoms with van der Waals surface area (Å²) in [6.07, 6.45) is 0. The second-order valence-corrected chi connectivity index (χ2v) is 5.45. The van der Waals surface area contributed by atoms with Crippen LogP contribution >= 0.6 is 0 Å². The number of nitrogens with one attached hydrogen (secondary N) is 1. The molecule has 0 unspecified atom stereocenters. The highest BCUT2D eigenvalue weighted by Crippen LogP contribution is 2.10. The van der Waals surface area contributed by atoms with Crippen LogP contribution in [0.4, 0.5) is 5.69 Å². The molecule has 0 saturated heterocycles. The summed E-state index contributed by atoms with van der Waals surface area (Å²) < 4.78 is 1.74. The monoisotopic (exact) mass is 306 g/mol. The van der Waals surface area contributed by atoms with Crippen molar-refractivity contribution in [2.45, 2.75) is 20.4 Å². The number of rotatable bonds is 4. The van der Waals surface area contributed by atoms with Gasteiger partial charge in [0.05, 0.1) is 6.54 Å². The van der Waals surface area contributed by atoms with Crippen LogP contribution in [0.1, 0.15) is 27.6 Å². The van der Waals surface area contributed by atoms with E-state index in [-0.39, 0.29) is 11.7 Å². The predicted octanol–water partition coefficient (Wildman–Crippen LogP) is 3.20. The zero-order valence-electron chi connectivity index (χ0n) is 13.2. The van der Waals surface area contributed by atoms with E-state index in [1.54, 1.807) is 4.68 Å². The fourth-order valence-corrected chi connectivity index (χ4v) is 2.25. The number of amides is 1. The number of carbonyl (C=O) groups excluding carboxylic acids is 1. The fraction of sp³-hybridized carbons (Fsp3) is 0.167. The van der Waals surface area contributed by atoms with Crippen LogP contribution in [0.5, 0.6) is 0 Å². The maximum Gasteiger partial charge on any atom is 0.295 e. The highest BCUT2D eigenvalue weighted by Gasteiger charge is 2.14. The molecule has 1 N–H and O–H groups in total. The van der Waals surface area contributed by atoms with Crippen molar-refractivity contribution in [1.82, 2.24) is 14.8 Å². The first-order valence-corrected chi connectivity index (χ1v) is 7.45. The van der Waals surface area contributed by atoms with Crippen molar-refractivity contribution in [2.24, 2.45) is 0 Å². The number of nitrogens with zero attached hydrogens (tertiary/aromatic N) is 3. The van der Waals surface area contributed by atoms with Crippen molar-refractivity contribution in [3.63, 3.8) is 0 Å². The molecule has 3 rings (SSSR count). The minimum Gasteiger partial charge on any atom is -0.319 e. The molecule has 0 aliphatic heterocycles. The third-order valence-corrected chi connectivity index (χ3v) is 3.54. The van der Waals surface area contributed by atoms with E-state index in [0.29, 0.717) is 12.4 Å². The Balaban J connectivity index is 1.74. The molecule has 5 nitrogen and oxygen atoms in total. The number of aromatic nitrogens is 3. The molecule has 0 spiro atoms. The number of anilines is 1. The van der Waals surface area contributed by atoms with Crippen LogP contribution in [0.25, 0.3) is 0 Å². The molecule has 5 heteroatoms. The Morgan fingerprint density at radius 2 is 1.74 bits per heavy atom. The molecule has 3 aromatic rings. The van der Waals surface area contributed by atoms with Gasteiger partial charge in [-0.25, -0.2) is 9.67 Å². The Morgan fingerprint density at radius 3 is 2.43 bits per heavy atom. The van der Waals surface area contributed by atoms with Gasteiger partial charge < -0.3 is 5.32 Å². The minimum absolute atomic E-state index is 0.180. The molecular formula is C18H18N4O. The zero-order valence-corrected chi connectivity index (χ0v) is 13.2. The van der Waals surface area contributed by atoms with Crippen molar-refractivity contribution in [2.75, 3.05) is 5.32 Å². The quantitative estimate of drug-likeness (QED) is 0.805. The summed E-state index contributed by atoms with van der Waals surface area (Å²) >= 11 is 0. The van der Waals surface area contributed by atoms with Gasteiger partial charge in [0, 0.05) is 5.69 Å². The summed E-state index contributed by atoms with van der Waals surface area (Å²) in [5, 5.41) is 7.12. The van der Waals surface area contributed by atoms with Gasteiger partial charge >= 0.3 is 0 Å². The van der Waals surface area contributed by atoms with Gasteiger partial charge in [0.15, 0.2) is 0 Å². The van der Waals surface area contributed by atoms with Gasteiger partial charge in [0.1, 0.15) is 5.82 Å².